The van der Waals surface area contributed by atoms with E-state index in [9.17, 15) is 32.7 Å². The zero-order valence-electron chi connectivity index (χ0n) is 17.6. The summed E-state index contributed by atoms with van der Waals surface area (Å²) in [6.45, 7) is 4.72. The number of aryl methyl sites for hydroxylation is 1. The highest BCUT2D eigenvalue weighted by Gasteiger charge is 2.32. The predicted molar refractivity (Wildman–Crippen MR) is 113 cm³/mol. The topological polar surface area (TPSA) is 105 Å². The number of carboxylic acids is 1. The molecule has 1 aromatic heterocycles. The summed E-state index contributed by atoms with van der Waals surface area (Å²) < 4.78 is 40.8. The van der Waals surface area contributed by atoms with Gasteiger partial charge in [-0.3, -0.25) is 19.7 Å². The van der Waals surface area contributed by atoms with E-state index in [0.29, 0.717) is 6.42 Å². The van der Waals surface area contributed by atoms with Crippen LogP contribution < -0.4 is 15.4 Å². The number of ketones is 1. The zero-order valence-corrected chi connectivity index (χ0v) is 18.4. The van der Waals surface area contributed by atoms with Crippen LogP contribution in [0.3, 0.4) is 0 Å². The second-order valence-electron chi connectivity index (χ2n) is 7.10. The quantitative estimate of drug-likeness (QED) is 0.447. The molecule has 2 aromatic rings. The Morgan fingerprint density at radius 1 is 1.12 bits per heavy atom. The molecule has 11 heteroatoms. The highest BCUT2D eigenvalue weighted by Crippen LogP contribution is 2.31. The number of amides is 1. The van der Waals surface area contributed by atoms with Gasteiger partial charge in [0.25, 0.3) is 0 Å². The number of hydrogen-bond donors (Lipinski definition) is 3. The van der Waals surface area contributed by atoms with Crippen LogP contribution in [0, 0.1) is 0 Å². The number of hydrogen-bond acceptors (Lipinski definition) is 6. The van der Waals surface area contributed by atoms with Crippen LogP contribution in [-0.2, 0) is 16.0 Å². The number of aliphatic carboxylic acids is 1. The largest absolute Gasteiger partial charge is 0.573 e. The SMILES string of the molecule is CCc1cc(C(=O)c2ccc(OC(F)(F)F)cc2)c(NC(=O)CNC(C)(CC)C(=O)O)s1. The van der Waals surface area contributed by atoms with Gasteiger partial charge in [-0.25, -0.2) is 0 Å². The van der Waals surface area contributed by atoms with E-state index in [2.05, 4.69) is 15.4 Å². The monoisotopic (exact) mass is 472 g/mol. The lowest BCUT2D eigenvalue weighted by atomic mass is 9.99. The average Bonchev–Trinajstić information content (AvgIpc) is 3.13. The van der Waals surface area contributed by atoms with Crippen molar-refractivity contribution in [2.45, 2.75) is 45.5 Å². The maximum absolute atomic E-state index is 12.9. The molecule has 0 spiro atoms. The Bertz CT molecular complexity index is 988. The van der Waals surface area contributed by atoms with Gasteiger partial charge < -0.3 is 15.2 Å². The van der Waals surface area contributed by atoms with E-state index in [1.807, 2.05) is 6.92 Å². The number of alkyl halides is 3. The summed E-state index contributed by atoms with van der Waals surface area (Å²) in [5.74, 6) is -2.55. The average molecular weight is 472 g/mol. The van der Waals surface area contributed by atoms with Crippen LogP contribution in [0.15, 0.2) is 30.3 Å². The third-order valence-electron chi connectivity index (χ3n) is 4.80. The van der Waals surface area contributed by atoms with E-state index in [1.165, 1.54) is 30.4 Å². The van der Waals surface area contributed by atoms with Crippen molar-refractivity contribution < 1.29 is 37.4 Å². The summed E-state index contributed by atoms with van der Waals surface area (Å²) in [6, 6.07) is 6.10. The third kappa shape index (κ3) is 6.54. The molecule has 0 aliphatic heterocycles. The molecule has 174 valence electrons. The second kappa shape index (κ2) is 10.1. The standard InChI is InChI=1S/C21H23F3N2O5S/c1-4-14-10-15(17(28)12-6-8-13(9-7-12)31-21(22,23)24)18(32-14)26-16(27)11-25-20(3,5-2)19(29)30/h6-10,25H,4-5,11H2,1-3H3,(H,26,27)(H,29,30). The first-order valence-electron chi connectivity index (χ1n) is 9.70. The van der Waals surface area contributed by atoms with Gasteiger partial charge in [0, 0.05) is 10.4 Å². The van der Waals surface area contributed by atoms with Crippen molar-refractivity contribution in [1.82, 2.24) is 5.32 Å². The fraction of sp³-hybridized carbons (Fsp3) is 0.381. The van der Waals surface area contributed by atoms with Crippen LogP contribution >= 0.6 is 11.3 Å². The molecule has 0 saturated heterocycles. The van der Waals surface area contributed by atoms with Gasteiger partial charge in [-0.1, -0.05) is 13.8 Å². The Kier molecular flexibility index (Phi) is 8.02. The van der Waals surface area contributed by atoms with Gasteiger partial charge in [0.05, 0.1) is 12.1 Å². The Morgan fingerprint density at radius 2 is 1.75 bits per heavy atom. The molecule has 1 heterocycles. The van der Waals surface area contributed by atoms with Crippen LogP contribution in [0.2, 0.25) is 0 Å². The summed E-state index contributed by atoms with van der Waals surface area (Å²) in [5, 5.41) is 14.9. The van der Waals surface area contributed by atoms with Crippen molar-refractivity contribution in [3.8, 4) is 5.75 Å². The lowest BCUT2D eigenvalue weighted by Gasteiger charge is -2.24. The number of carbonyl (C=O) groups is 3. The zero-order chi connectivity index (χ0) is 24.1. The Morgan fingerprint density at radius 3 is 2.25 bits per heavy atom. The van der Waals surface area contributed by atoms with Crippen molar-refractivity contribution in [2.75, 3.05) is 11.9 Å². The van der Waals surface area contributed by atoms with Gasteiger partial charge in [-0.05, 0) is 50.1 Å². The number of anilines is 1. The summed E-state index contributed by atoms with van der Waals surface area (Å²) >= 11 is 1.20. The summed E-state index contributed by atoms with van der Waals surface area (Å²) in [4.78, 5) is 37.5. The molecule has 1 unspecified atom stereocenters. The summed E-state index contributed by atoms with van der Waals surface area (Å²) in [7, 11) is 0. The fourth-order valence-corrected chi connectivity index (χ4v) is 3.65. The normalized spacial score (nSPS) is 13.3. The van der Waals surface area contributed by atoms with Crippen LogP contribution in [0.25, 0.3) is 0 Å². The van der Waals surface area contributed by atoms with E-state index in [-0.39, 0.29) is 29.1 Å². The van der Waals surface area contributed by atoms with E-state index in [4.69, 9.17) is 0 Å². The number of ether oxygens (including phenoxy) is 1. The first-order chi connectivity index (χ1) is 14.9. The second-order valence-corrected chi connectivity index (χ2v) is 8.24. The van der Waals surface area contributed by atoms with E-state index in [1.54, 1.807) is 13.0 Å². The first kappa shape index (κ1) is 25.3. The summed E-state index contributed by atoms with van der Waals surface area (Å²) in [6.07, 6.45) is -3.98. The van der Waals surface area contributed by atoms with Gasteiger partial charge in [-0.15, -0.1) is 24.5 Å². The van der Waals surface area contributed by atoms with Gasteiger partial charge in [-0.2, -0.15) is 0 Å². The molecular formula is C21H23F3N2O5S. The predicted octanol–water partition coefficient (Wildman–Crippen LogP) is 4.22. The van der Waals surface area contributed by atoms with E-state index >= 15 is 0 Å². The molecule has 1 amide bonds. The molecule has 0 saturated carbocycles. The Hall–Kier alpha value is -2.92. The minimum Gasteiger partial charge on any atom is -0.480 e. The van der Waals surface area contributed by atoms with Gasteiger partial charge >= 0.3 is 12.3 Å². The van der Waals surface area contributed by atoms with Gasteiger partial charge in [0.2, 0.25) is 5.91 Å². The van der Waals surface area contributed by atoms with Crippen LogP contribution in [0.1, 0.15) is 48.0 Å². The maximum atomic E-state index is 12.9. The molecule has 0 bridgehead atoms. The molecule has 7 nitrogen and oxygen atoms in total. The van der Waals surface area contributed by atoms with Crippen molar-refractivity contribution >= 4 is 34.0 Å². The molecule has 32 heavy (non-hydrogen) atoms. The van der Waals surface area contributed by atoms with Gasteiger partial charge in [0.15, 0.2) is 5.78 Å². The van der Waals surface area contributed by atoms with Crippen molar-refractivity contribution in [3.05, 3.63) is 46.3 Å². The Labute approximate surface area is 186 Å². The summed E-state index contributed by atoms with van der Waals surface area (Å²) in [5.41, 5.74) is -0.959. The highest BCUT2D eigenvalue weighted by molar-refractivity contribution is 7.16. The minimum atomic E-state index is -4.84. The Balaban J connectivity index is 2.18. The van der Waals surface area contributed by atoms with Crippen LogP contribution in [0.4, 0.5) is 18.2 Å². The molecule has 0 aliphatic carbocycles. The molecule has 1 atom stereocenters. The first-order valence-corrected chi connectivity index (χ1v) is 10.5. The number of thiophene rings is 1. The van der Waals surface area contributed by atoms with Crippen molar-refractivity contribution in [1.29, 1.82) is 0 Å². The third-order valence-corrected chi connectivity index (χ3v) is 5.99. The molecular weight excluding hydrogens is 449 g/mol. The number of nitrogens with one attached hydrogen (secondary N) is 2. The number of carboxylic acid groups (broad SMARTS) is 1. The lowest BCUT2D eigenvalue weighted by Crippen LogP contribution is -2.51. The lowest BCUT2D eigenvalue weighted by molar-refractivity contribution is -0.274. The number of rotatable bonds is 10. The maximum Gasteiger partial charge on any atom is 0.573 e. The number of carbonyl (C=O) groups excluding carboxylic acids is 2. The molecule has 2 rings (SSSR count). The highest BCUT2D eigenvalue weighted by atomic mass is 32.1. The van der Waals surface area contributed by atoms with Crippen molar-refractivity contribution in [3.63, 3.8) is 0 Å². The van der Waals surface area contributed by atoms with Gasteiger partial charge in [0.1, 0.15) is 16.3 Å². The molecule has 0 aliphatic rings. The molecule has 0 fully saturated rings. The number of benzene rings is 1. The fourth-order valence-electron chi connectivity index (χ4n) is 2.64. The van der Waals surface area contributed by atoms with E-state index < -0.39 is 35.3 Å². The van der Waals surface area contributed by atoms with Crippen LogP contribution in [-0.4, -0.2) is 41.2 Å². The van der Waals surface area contributed by atoms with Crippen molar-refractivity contribution in [2.24, 2.45) is 0 Å². The van der Waals surface area contributed by atoms with E-state index in [0.717, 1.165) is 17.0 Å². The smallest absolute Gasteiger partial charge is 0.480 e. The molecule has 0 radical (unpaired) electrons. The number of halogens is 3. The molecule has 1 aromatic carbocycles. The minimum absolute atomic E-state index is 0.123. The molecule has 3 N–H and O–H groups in total. The van der Waals surface area contributed by atoms with Crippen LogP contribution in [0.5, 0.6) is 5.75 Å².